The first-order valence-corrected chi connectivity index (χ1v) is 18.2. The quantitative estimate of drug-likeness (QED) is 0.334. The van der Waals surface area contributed by atoms with Gasteiger partial charge < -0.3 is 19.9 Å². The number of hydrogen-bond donors (Lipinski definition) is 2. The van der Waals surface area contributed by atoms with Crippen LogP contribution < -0.4 is 10.1 Å². The smallest absolute Gasteiger partial charge is 0.356 e. The summed E-state index contributed by atoms with van der Waals surface area (Å²) in [5, 5.41) is 16.7. The van der Waals surface area contributed by atoms with Gasteiger partial charge in [0, 0.05) is 12.3 Å². The Labute approximate surface area is 260 Å². The van der Waals surface area contributed by atoms with E-state index in [0.29, 0.717) is 31.5 Å². The first kappa shape index (κ1) is 32.5. The topological polar surface area (TPSA) is 137 Å². The van der Waals surface area contributed by atoms with Gasteiger partial charge in [-0.3, -0.25) is 4.79 Å². The second kappa shape index (κ2) is 14.9. The summed E-state index contributed by atoms with van der Waals surface area (Å²) in [6.07, 6.45) is 12.6. The highest BCUT2D eigenvalue weighted by molar-refractivity contribution is 7.91. The number of carbonyl (C=O) groups is 2. The van der Waals surface area contributed by atoms with Crippen molar-refractivity contribution in [2.75, 3.05) is 12.9 Å². The highest BCUT2D eigenvalue weighted by Crippen LogP contribution is 2.43. The van der Waals surface area contributed by atoms with Crippen LogP contribution >= 0.6 is 0 Å². The standard InChI is InChI=1S/C33H47N3O7S/c1-44(40,41)26-14-9-13-24(18-26)27-15-6-5-12-25(27)22-43-32-19-29(33(38)39)35-36(32)20-31(37)34-28-16-7-8-17-30(28)42-21-23-10-3-2-4-11-23/h2-4,10-11,19,24-28,30H,5-9,12-18,20-22H2,1H3,(H,34,37)(H,38,39)/t24?,25-,26?,27?,28-,30-/m0/s1. The molecule has 0 radical (unpaired) electrons. The fourth-order valence-corrected chi connectivity index (χ4v) is 8.77. The number of ether oxygens (including phenoxy) is 2. The molecular formula is C33H47N3O7S. The van der Waals surface area contributed by atoms with E-state index in [2.05, 4.69) is 10.4 Å². The van der Waals surface area contributed by atoms with Gasteiger partial charge in [-0.15, -0.1) is 0 Å². The lowest BCUT2D eigenvalue weighted by molar-refractivity contribution is -0.124. The molecule has 2 N–H and O–H groups in total. The summed E-state index contributed by atoms with van der Waals surface area (Å²) in [7, 11) is -3.07. The molecule has 0 spiro atoms. The van der Waals surface area contributed by atoms with E-state index in [1.165, 1.54) is 17.0 Å². The Bertz CT molecular complexity index is 1360. The number of hydrogen-bond acceptors (Lipinski definition) is 7. The van der Waals surface area contributed by atoms with Crippen molar-refractivity contribution in [1.82, 2.24) is 15.1 Å². The zero-order chi connectivity index (χ0) is 31.1. The number of nitrogens with one attached hydrogen (secondary N) is 1. The molecule has 2 aromatic rings. The summed E-state index contributed by atoms with van der Waals surface area (Å²) in [4.78, 5) is 25.0. The number of aromatic carboxylic acids is 1. The van der Waals surface area contributed by atoms with Crippen molar-refractivity contribution >= 4 is 21.7 Å². The van der Waals surface area contributed by atoms with Crippen LogP contribution in [0.3, 0.4) is 0 Å². The molecule has 242 valence electrons. The molecule has 0 bridgehead atoms. The molecule has 3 unspecified atom stereocenters. The van der Waals surface area contributed by atoms with Crippen LogP contribution in [0.5, 0.6) is 5.88 Å². The fraction of sp³-hybridized carbons (Fsp3) is 0.667. The lowest BCUT2D eigenvalue weighted by Gasteiger charge is -2.40. The lowest BCUT2D eigenvalue weighted by Crippen LogP contribution is -2.47. The summed E-state index contributed by atoms with van der Waals surface area (Å²) in [6.45, 7) is 0.710. The van der Waals surface area contributed by atoms with Gasteiger partial charge in [0.2, 0.25) is 11.8 Å². The fourth-order valence-electron chi connectivity index (χ4n) is 7.58. The first-order valence-electron chi connectivity index (χ1n) is 16.2. The second-order valence-electron chi connectivity index (χ2n) is 13.0. The number of carbonyl (C=O) groups excluding carboxylic acids is 1. The third-order valence-electron chi connectivity index (χ3n) is 9.90. The Hall–Kier alpha value is -2.92. The third kappa shape index (κ3) is 8.62. The van der Waals surface area contributed by atoms with E-state index in [1.54, 1.807) is 0 Å². The van der Waals surface area contributed by atoms with Crippen LogP contribution in [0, 0.1) is 17.8 Å². The SMILES string of the molecule is CS(=O)(=O)C1CCCC(C2CCCC[C@H]2COc2cc(C(=O)O)nn2CC(=O)N[C@H]2CCCC[C@@H]2OCc2ccccc2)C1. The van der Waals surface area contributed by atoms with Crippen LogP contribution in [-0.4, -0.2) is 65.4 Å². The molecule has 3 saturated carbocycles. The monoisotopic (exact) mass is 629 g/mol. The van der Waals surface area contributed by atoms with E-state index < -0.39 is 15.8 Å². The molecule has 3 fully saturated rings. The van der Waals surface area contributed by atoms with Crippen molar-refractivity contribution in [2.45, 2.75) is 108 Å². The Kier molecular flexibility index (Phi) is 11.0. The largest absolute Gasteiger partial charge is 0.477 e. The summed E-state index contributed by atoms with van der Waals surface area (Å²) < 4.78 is 38.4. The van der Waals surface area contributed by atoms with E-state index >= 15 is 0 Å². The predicted octanol–water partition coefficient (Wildman–Crippen LogP) is 5.01. The molecule has 44 heavy (non-hydrogen) atoms. The number of aromatic nitrogens is 2. The minimum atomic E-state index is -3.07. The van der Waals surface area contributed by atoms with Crippen molar-refractivity contribution in [1.29, 1.82) is 0 Å². The zero-order valence-electron chi connectivity index (χ0n) is 25.7. The molecule has 10 nitrogen and oxygen atoms in total. The Morgan fingerprint density at radius 1 is 1.00 bits per heavy atom. The van der Waals surface area contributed by atoms with E-state index in [1.807, 2.05) is 30.3 Å². The molecule has 1 aromatic carbocycles. The van der Waals surface area contributed by atoms with Crippen LogP contribution in [0.25, 0.3) is 0 Å². The maximum atomic E-state index is 13.2. The summed E-state index contributed by atoms with van der Waals surface area (Å²) in [6, 6.07) is 11.2. The van der Waals surface area contributed by atoms with Crippen LogP contribution in [-0.2, 0) is 32.5 Å². The maximum Gasteiger partial charge on any atom is 0.356 e. The number of sulfone groups is 1. The summed E-state index contributed by atoms with van der Waals surface area (Å²) in [5.74, 6) is -0.233. The molecule has 0 aliphatic heterocycles. The predicted molar refractivity (Wildman–Crippen MR) is 166 cm³/mol. The average Bonchev–Trinajstić information content (AvgIpc) is 3.42. The molecule has 6 atom stereocenters. The van der Waals surface area contributed by atoms with Crippen LogP contribution in [0.1, 0.15) is 93.1 Å². The van der Waals surface area contributed by atoms with Crippen LogP contribution in [0.4, 0.5) is 0 Å². The van der Waals surface area contributed by atoms with Crippen molar-refractivity contribution in [3.8, 4) is 5.88 Å². The zero-order valence-corrected chi connectivity index (χ0v) is 26.6. The molecule has 1 heterocycles. The van der Waals surface area contributed by atoms with Gasteiger partial charge in [-0.2, -0.15) is 5.10 Å². The molecule has 5 rings (SSSR count). The molecular weight excluding hydrogens is 582 g/mol. The number of carboxylic acid groups (broad SMARTS) is 1. The average molecular weight is 630 g/mol. The highest BCUT2D eigenvalue weighted by Gasteiger charge is 2.38. The lowest BCUT2D eigenvalue weighted by atomic mass is 9.68. The van der Waals surface area contributed by atoms with Crippen LogP contribution in [0.15, 0.2) is 36.4 Å². The van der Waals surface area contributed by atoms with E-state index in [-0.39, 0.29) is 47.3 Å². The normalized spacial score (nSPS) is 27.8. The molecule has 1 aromatic heterocycles. The first-order chi connectivity index (χ1) is 21.2. The maximum absolute atomic E-state index is 13.2. The number of amides is 1. The minimum Gasteiger partial charge on any atom is -0.477 e. The van der Waals surface area contributed by atoms with E-state index in [4.69, 9.17) is 9.47 Å². The summed E-state index contributed by atoms with van der Waals surface area (Å²) >= 11 is 0. The number of nitrogens with zero attached hydrogens (tertiary/aromatic N) is 2. The van der Waals surface area contributed by atoms with Crippen LogP contribution in [0.2, 0.25) is 0 Å². The Morgan fingerprint density at radius 2 is 1.75 bits per heavy atom. The van der Waals surface area contributed by atoms with Gasteiger partial charge in [0.1, 0.15) is 16.4 Å². The number of benzene rings is 1. The number of carboxylic acids is 1. The highest BCUT2D eigenvalue weighted by atomic mass is 32.2. The molecule has 11 heteroatoms. The second-order valence-corrected chi connectivity index (χ2v) is 15.3. The summed E-state index contributed by atoms with van der Waals surface area (Å²) in [5.41, 5.74) is 0.916. The van der Waals surface area contributed by atoms with Gasteiger partial charge in [-0.25, -0.2) is 17.9 Å². The van der Waals surface area contributed by atoms with Crippen molar-refractivity contribution in [2.24, 2.45) is 17.8 Å². The van der Waals surface area contributed by atoms with E-state index in [9.17, 15) is 23.1 Å². The van der Waals surface area contributed by atoms with Crippen molar-refractivity contribution < 1.29 is 32.6 Å². The van der Waals surface area contributed by atoms with Gasteiger partial charge >= 0.3 is 5.97 Å². The third-order valence-corrected chi connectivity index (χ3v) is 11.5. The molecule has 1 amide bonds. The van der Waals surface area contributed by atoms with Gasteiger partial charge in [-0.05, 0) is 61.8 Å². The minimum absolute atomic E-state index is 0.0962. The number of rotatable bonds is 12. The van der Waals surface area contributed by atoms with E-state index in [0.717, 1.165) is 76.2 Å². The van der Waals surface area contributed by atoms with Gasteiger partial charge in [0.15, 0.2) is 5.69 Å². The Balaban J connectivity index is 1.21. The van der Waals surface area contributed by atoms with Crippen molar-refractivity contribution in [3.63, 3.8) is 0 Å². The van der Waals surface area contributed by atoms with Gasteiger partial charge in [0.25, 0.3) is 0 Å². The molecule has 0 saturated heterocycles. The Morgan fingerprint density at radius 3 is 2.52 bits per heavy atom. The molecule has 3 aliphatic carbocycles. The van der Waals surface area contributed by atoms with Crippen molar-refractivity contribution in [3.05, 3.63) is 47.7 Å². The van der Waals surface area contributed by atoms with Gasteiger partial charge in [0.05, 0.1) is 30.6 Å². The van der Waals surface area contributed by atoms with Gasteiger partial charge in [-0.1, -0.05) is 68.9 Å². The molecule has 3 aliphatic rings.